The topological polar surface area (TPSA) is 86.2 Å². The first-order valence-corrected chi connectivity index (χ1v) is 4.33. The molecule has 0 aliphatic carbocycles. The summed E-state index contributed by atoms with van der Waals surface area (Å²) in [7, 11) is 0. The molecule has 1 heterocycles. The SMILES string of the molecule is N=C/C=C(\N)CN(O)c1ccns1. The number of rotatable bonds is 4. The van der Waals surface area contributed by atoms with Gasteiger partial charge in [0.15, 0.2) is 0 Å². The zero-order valence-corrected chi connectivity index (χ0v) is 7.66. The molecule has 0 saturated carbocycles. The van der Waals surface area contributed by atoms with Crippen LogP contribution in [0.15, 0.2) is 24.0 Å². The fraction of sp³-hybridized carbons (Fsp3) is 0.143. The van der Waals surface area contributed by atoms with Gasteiger partial charge < -0.3 is 11.1 Å². The highest BCUT2D eigenvalue weighted by Gasteiger charge is 2.04. The third-order valence-electron chi connectivity index (χ3n) is 1.31. The quantitative estimate of drug-likeness (QED) is 0.494. The summed E-state index contributed by atoms with van der Waals surface area (Å²) in [6.07, 6.45) is 4.10. The van der Waals surface area contributed by atoms with Gasteiger partial charge in [0.2, 0.25) is 0 Å². The van der Waals surface area contributed by atoms with Crippen molar-refractivity contribution < 1.29 is 5.21 Å². The number of hydrogen-bond donors (Lipinski definition) is 3. The molecule has 4 N–H and O–H groups in total. The molecule has 0 aliphatic heterocycles. The minimum Gasteiger partial charge on any atom is -0.400 e. The van der Waals surface area contributed by atoms with Crippen molar-refractivity contribution in [1.29, 1.82) is 5.41 Å². The molecule has 1 aromatic rings. The lowest BCUT2D eigenvalue weighted by Crippen LogP contribution is -2.23. The minimum atomic E-state index is 0.178. The fourth-order valence-corrected chi connectivity index (χ4v) is 1.26. The molecular weight excluding hydrogens is 188 g/mol. The Hall–Kier alpha value is -1.40. The highest BCUT2D eigenvalue weighted by molar-refractivity contribution is 7.10. The lowest BCUT2D eigenvalue weighted by atomic mass is 10.4. The van der Waals surface area contributed by atoms with Crippen molar-refractivity contribution in [3.8, 4) is 0 Å². The van der Waals surface area contributed by atoms with Gasteiger partial charge in [-0.25, -0.2) is 5.06 Å². The molecule has 0 aromatic carbocycles. The Morgan fingerprint density at radius 1 is 1.85 bits per heavy atom. The summed E-state index contributed by atoms with van der Waals surface area (Å²) in [5.41, 5.74) is 5.91. The number of anilines is 1. The van der Waals surface area contributed by atoms with Crippen LogP contribution in [-0.4, -0.2) is 22.3 Å². The van der Waals surface area contributed by atoms with E-state index in [1.165, 1.54) is 17.6 Å². The lowest BCUT2D eigenvalue weighted by Gasteiger charge is -2.13. The fourth-order valence-electron chi connectivity index (χ4n) is 0.753. The van der Waals surface area contributed by atoms with Gasteiger partial charge in [-0.3, -0.25) is 5.21 Å². The van der Waals surface area contributed by atoms with E-state index < -0.39 is 0 Å². The molecule has 0 radical (unpaired) electrons. The van der Waals surface area contributed by atoms with E-state index in [-0.39, 0.29) is 6.54 Å². The van der Waals surface area contributed by atoms with E-state index in [0.717, 1.165) is 11.3 Å². The minimum absolute atomic E-state index is 0.178. The summed E-state index contributed by atoms with van der Waals surface area (Å²) in [5, 5.41) is 17.8. The van der Waals surface area contributed by atoms with Gasteiger partial charge in [-0.1, -0.05) is 0 Å². The number of allylic oxidation sites excluding steroid dienone is 1. The van der Waals surface area contributed by atoms with Crippen LogP contribution in [0, 0.1) is 5.41 Å². The molecule has 70 valence electrons. The number of nitrogens with two attached hydrogens (primary N) is 1. The summed E-state index contributed by atoms with van der Waals surface area (Å²) >= 11 is 1.18. The third-order valence-corrected chi connectivity index (χ3v) is 2.07. The molecule has 5 nitrogen and oxygen atoms in total. The number of nitrogens with one attached hydrogen (secondary N) is 1. The molecule has 0 saturated heterocycles. The molecule has 0 amide bonds. The molecule has 0 spiro atoms. The molecule has 1 aromatic heterocycles. The van der Waals surface area contributed by atoms with Gasteiger partial charge in [-0.2, -0.15) is 4.37 Å². The largest absolute Gasteiger partial charge is 0.400 e. The van der Waals surface area contributed by atoms with Crippen LogP contribution in [0.5, 0.6) is 0 Å². The molecule has 0 fully saturated rings. The average Bonchev–Trinajstić information content (AvgIpc) is 2.55. The second-order valence-corrected chi connectivity index (χ2v) is 3.13. The zero-order valence-electron chi connectivity index (χ0n) is 6.84. The number of nitrogens with zero attached hydrogens (tertiary/aromatic N) is 2. The number of aromatic nitrogens is 1. The second kappa shape index (κ2) is 4.58. The summed E-state index contributed by atoms with van der Waals surface area (Å²) in [6.45, 7) is 0.178. The summed E-state index contributed by atoms with van der Waals surface area (Å²) in [5.74, 6) is 0. The van der Waals surface area contributed by atoms with Crippen molar-refractivity contribution in [3.63, 3.8) is 0 Å². The highest BCUT2D eigenvalue weighted by Crippen LogP contribution is 2.16. The van der Waals surface area contributed by atoms with E-state index in [1.54, 1.807) is 12.3 Å². The normalized spacial score (nSPS) is 11.3. The van der Waals surface area contributed by atoms with Crippen LogP contribution < -0.4 is 10.8 Å². The van der Waals surface area contributed by atoms with Crippen LogP contribution in [0.3, 0.4) is 0 Å². The Bertz CT molecular complexity index is 295. The van der Waals surface area contributed by atoms with Gasteiger partial charge >= 0.3 is 0 Å². The Kier molecular flexibility index (Phi) is 3.41. The standard InChI is InChI=1S/C7H10N4OS/c8-3-1-6(9)5-11(12)7-2-4-10-13-7/h1-4,8,12H,5,9H2/b6-1-,8-3?. The van der Waals surface area contributed by atoms with Crippen molar-refractivity contribution in [2.45, 2.75) is 0 Å². The van der Waals surface area contributed by atoms with E-state index in [1.807, 2.05) is 0 Å². The van der Waals surface area contributed by atoms with Crippen molar-refractivity contribution in [1.82, 2.24) is 4.37 Å². The number of hydroxylamine groups is 1. The maximum atomic E-state index is 9.41. The van der Waals surface area contributed by atoms with Crippen LogP contribution in [0.2, 0.25) is 0 Å². The van der Waals surface area contributed by atoms with Gasteiger partial charge in [0, 0.05) is 18.1 Å². The van der Waals surface area contributed by atoms with Gasteiger partial charge in [0.1, 0.15) is 5.00 Å². The first-order valence-electron chi connectivity index (χ1n) is 3.56. The van der Waals surface area contributed by atoms with Crippen molar-refractivity contribution in [3.05, 3.63) is 24.0 Å². The summed E-state index contributed by atoms with van der Waals surface area (Å²) in [6, 6.07) is 1.68. The molecule has 6 heteroatoms. The molecule has 0 unspecified atom stereocenters. The van der Waals surface area contributed by atoms with E-state index in [9.17, 15) is 5.21 Å². The smallest absolute Gasteiger partial charge is 0.136 e. The number of hydrogen-bond acceptors (Lipinski definition) is 6. The monoisotopic (exact) mass is 198 g/mol. The molecular formula is C7H10N4OS. The highest BCUT2D eigenvalue weighted by atomic mass is 32.1. The Labute approximate surface area is 79.7 Å². The van der Waals surface area contributed by atoms with Gasteiger partial charge in [-0.05, 0) is 23.7 Å². The predicted molar refractivity (Wildman–Crippen MR) is 52.3 cm³/mol. The van der Waals surface area contributed by atoms with E-state index in [4.69, 9.17) is 11.1 Å². The molecule has 0 bridgehead atoms. The third kappa shape index (κ3) is 2.85. The maximum absolute atomic E-state index is 9.41. The van der Waals surface area contributed by atoms with E-state index in [0.29, 0.717) is 10.7 Å². The molecule has 0 atom stereocenters. The molecule has 13 heavy (non-hydrogen) atoms. The predicted octanol–water partition coefficient (Wildman–Crippen LogP) is 0.831. The molecule has 0 aliphatic rings. The molecule has 1 rings (SSSR count). The first kappa shape index (κ1) is 9.69. The van der Waals surface area contributed by atoms with Gasteiger partial charge in [0.05, 0.1) is 6.54 Å². The van der Waals surface area contributed by atoms with E-state index in [2.05, 4.69) is 4.37 Å². The van der Waals surface area contributed by atoms with Crippen LogP contribution in [0.4, 0.5) is 5.00 Å². The Balaban J connectivity index is 2.55. The Morgan fingerprint density at radius 2 is 2.62 bits per heavy atom. The van der Waals surface area contributed by atoms with Crippen LogP contribution >= 0.6 is 11.5 Å². The van der Waals surface area contributed by atoms with E-state index >= 15 is 0 Å². The van der Waals surface area contributed by atoms with Crippen LogP contribution in [0.1, 0.15) is 0 Å². The van der Waals surface area contributed by atoms with Crippen molar-refractivity contribution in [2.24, 2.45) is 5.73 Å². The maximum Gasteiger partial charge on any atom is 0.136 e. The van der Waals surface area contributed by atoms with Crippen molar-refractivity contribution >= 4 is 22.7 Å². The lowest BCUT2D eigenvalue weighted by molar-refractivity contribution is 0.266. The van der Waals surface area contributed by atoms with Crippen LogP contribution in [-0.2, 0) is 0 Å². The van der Waals surface area contributed by atoms with Gasteiger partial charge in [0.25, 0.3) is 0 Å². The average molecular weight is 198 g/mol. The summed E-state index contributed by atoms with van der Waals surface area (Å²) in [4.78, 5) is 0. The van der Waals surface area contributed by atoms with Crippen molar-refractivity contribution in [2.75, 3.05) is 11.6 Å². The van der Waals surface area contributed by atoms with Gasteiger partial charge in [-0.15, -0.1) is 0 Å². The zero-order chi connectivity index (χ0) is 9.68. The Morgan fingerprint density at radius 3 is 3.15 bits per heavy atom. The van der Waals surface area contributed by atoms with Crippen LogP contribution in [0.25, 0.3) is 0 Å². The summed E-state index contributed by atoms with van der Waals surface area (Å²) < 4.78 is 3.83. The first-order chi connectivity index (χ1) is 6.24. The second-order valence-electron chi connectivity index (χ2n) is 2.32.